The van der Waals surface area contributed by atoms with Crippen molar-refractivity contribution in [3.8, 4) is 0 Å². The summed E-state index contributed by atoms with van der Waals surface area (Å²) < 4.78 is 25.2. The van der Waals surface area contributed by atoms with E-state index in [-0.39, 0.29) is 35.3 Å². The largest absolute Gasteiger partial charge is 1.00 e. The van der Waals surface area contributed by atoms with E-state index in [4.69, 9.17) is 4.42 Å². The van der Waals surface area contributed by atoms with Crippen LogP contribution in [-0.2, 0) is 16.8 Å². The molecule has 5 heteroatoms. The molecule has 0 spiro atoms. The summed E-state index contributed by atoms with van der Waals surface area (Å²) >= 11 is -2.05. The van der Waals surface area contributed by atoms with Crippen LogP contribution in [0.25, 0.3) is 0 Å². The first kappa shape index (κ1) is 11.4. The Morgan fingerprint density at radius 1 is 1.64 bits per heavy atom. The molecule has 0 radical (unpaired) electrons. The van der Waals surface area contributed by atoms with Gasteiger partial charge >= 0.3 is 29.6 Å². The van der Waals surface area contributed by atoms with Crippen LogP contribution in [-0.4, -0.2) is 8.76 Å². The molecule has 0 saturated carbocycles. The Balaban J connectivity index is 0.000001000. The monoisotopic (exact) mass is 182 g/mol. The Labute approximate surface area is 89.7 Å². The summed E-state index contributed by atoms with van der Waals surface area (Å²) in [6.07, 6.45) is 0. The van der Waals surface area contributed by atoms with Gasteiger partial charge in [-0.05, 0) is 30.1 Å². The minimum atomic E-state index is -2.05. The molecule has 0 aliphatic rings. The molecule has 3 nitrogen and oxygen atoms in total. The molecule has 0 aliphatic carbocycles. The van der Waals surface area contributed by atoms with Crippen molar-refractivity contribution >= 4 is 11.1 Å². The second-order valence-electron chi connectivity index (χ2n) is 1.96. The second-order valence-corrected chi connectivity index (χ2v) is 2.86. The zero-order valence-corrected chi connectivity index (χ0v) is 9.31. The maximum Gasteiger partial charge on any atom is 1.00 e. The van der Waals surface area contributed by atoms with Crippen molar-refractivity contribution in [2.24, 2.45) is 0 Å². The molecule has 1 aromatic heterocycles. The molecule has 1 rings (SSSR count). The first-order chi connectivity index (χ1) is 4.68. The van der Waals surface area contributed by atoms with Crippen LogP contribution in [0.1, 0.15) is 11.5 Å². The average molecular weight is 182 g/mol. The van der Waals surface area contributed by atoms with E-state index in [1.54, 1.807) is 19.1 Å². The number of aryl methyl sites for hydroxylation is 1. The van der Waals surface area contributed by atoms with Crippen LogP contribution >= 0.6 is 0 Å². The maximum atomic E-state index is 10.1. The molecule has 1 heterocycles. The van der Waals surface area contributed by atoms with Gasteiger partial charge in [0.2, 0.25) is 0 Å². The first-order valence-corrected chi connectivity index (χ1v) is 4.04. The van der Waals surface area contributed by atoms with Gasteiger partial charge in [-0.25, -0.2) is 0 Å². The second kappa shape index (κ2) is 5.11. The predicted molar refractivity (Wildman–Crippen MR) is 36.1 cm³/mol. The summed E-state index contributed by atoms with van der Waals surface area (Å²) in [4.78, 5) is 0. The number of furan rings is 1. The Kier molecular flexibility index (Phi) is 5.29. The van der Waals surface area contributed by atoms with E-state index in [9.17, 15) is 8.76 Å². The van der Waals surface area contributed by atoms with Crippen LogP contribution in [0.5, 0.6) is 0 Å². The van der Waals surface area contributed by atoms with E-state index in [0.717, 1.165) is 5.76 Å². The predicted octanol–water partition coefficient (Wildman–Crippen LogP) is -2.03. The van der Waals surface area contributed by atoms with Gasteiger partial charge < -0.3 is 8.97 Å². The summed E-state index contributed by atoms with van der Waals surface area (Å²) in [5.41, 5.74) is 0. The van der Waals surface area contributed by atoms with Crippen LogP contribution in [0.15, 0.2) is 16.5 Å². The van der Waals surface area contributed by atoms with E-state index in [2.05, 4.69) is 0 Å². The summed E-state index contributed by atoms with van der Waals surface area (Å²) in [5.74, 6) is 1.19. The molecule has 56 valence electrons. The average Bonchev–Trinajstić information content (AvgIpc) is 2.13. The van der Waals surface area contributed by atoms with E-state index in [0.29, 0.717) is 5.76 Å². The topological polar surface area (TPSA) is 53.3 Å². The zero-order valence-electron chi connectivity index (χ0n) is 6.49. The van der Waals surface area contributed by atoms with Crippen molar-refractivity contribution in [2.45, 2.75) is 12.7 Å². The number of hydrogen-bond donors (Lipinski definition) is 0. The smallest absolute Gasteiger partial charge is 0.772 e. The molecule has 0 N–H and O–H groups in total. The van der Waals surface area contributed by atoms with Gasteiger partial charge in [-0.3, -0.25) is 4.21 Å². The fraction of sp³-hybridized carbons (Fsp3) is 0.333. The number of hydrogen-bond acceptors (Lipinski definition) is 3. The SMILES string of the molecule is Cc1ccc(CS(=O)[O-])o1.[Na+]. The minimum Gasteiger partial charge on any atom is -0.772 e. The van der Waals surface area contributed by atoms with E-state index >= 15 is 0 Å². The van der Waals surface area contributed by atoms with Crippen molar-refractivity contribution in [1.82, 2.24) is 0 Å². The zero-order chi connectivity index (χ0) is 7.56. The van der Waals surface area contributed by atoms with Crippen molar-refractivity contribution in [1.29, 1.82) is 0 Å². The van der Waals surface area contributed by atoms with Gasteiger partial charge in [0, 0.05) is 0 Å². The van der Waals surface area contributed by atoms with Crippen molar-refractivity contribution in [2.75, 3.05) is 0 Å². The third kappa shape index (κ3) is 4.08. The molecular weight excluding hydrogens is 175 g/mol. The standard InChI is InChI=1S/C6H8O3S.Na/c1-5-2-3-6(9-5)4-10(7)8;/h2-3H,4H2,1H3,(H,7,8);/q;+1/p-1. The van der Waals surface area contributed by atoms with Gasteiger partial charge in [0.25, 0.3) is 0 Å². The third-order valence-corrected chi connectivity index (χ3v) is 1.58. The van der Waals surface area contributed by atoms with E-state index in [1.807, 2.05) is 0 Å². The Morgan fingerprint density at radius 3 is 2.64 bits per heavy atom. The van der Waals surface area contributed by atoms with Gasteiger partial charge in [-0.15, -0.1) is 0 Å². The normalized spacial score (nSPS) is 12.2. The van der Waals surface area contributed by atoms with Crippen LogP contribution in [0.4, 0.5) is 0 Å². The van der Waals surface area contributed by atoms with Gasteiger partial charge in [0.15, 0.2) is 0 Å². The Morgan fingerprint density at radius 2 is 2.27 bits per heavy atom. The van der Waals surface area contributed by atoms with Crippen molar-refractivity contribution < 1.29 is 42.7 Å². The van der Waals surface area contributed by atoms with Crippen LogP contribution in [0, 0.1) is 6.92 Å². The minimum absolute atomic E-state index is 0. The Bertz CT molecular complexity index is 246. The van der Waals surface area contributed by atoms with E-state index < -0.39 is 11.1 Å². The number of rotatable bonds is 2. The molecule has 11 heavy (non-hydrogen) atoms. The summed E-state index contributed by atoms with van der Waals surface area (Å²) in [5, 5.41) is 0. The molecule has 0 saturated heterocycles. The summed E-state index contributed by atoms with van der Waals surface area (Å²) in [7, 11) is 0. The van der Waals surface area contributed by atoms with Crippen LogP contribution < -0.4 is 29.6 Å². The van der Waals surface area contributed by atoms with Crippen molar-refractivity contribution in [3.63, 3.8) is 0 Å². The Hall–Kier alpha value is 0.390. The summed E-state index contributed by atoms with van der Waals surface area (Å²) in [6.45, 7) is 1.78. The van der Waals surface area contributed by atoms with Crippen LogP contribution in [0.3, 0.4) is 0 Å². The molecule has 1 atom stereocenters. The van der Waals surface area contributed by atoms with Gasteiger partial charge in [0.1, 0.15) is 11.5 Å². The fourth-order valence-corrected chi connectivity index (χ4v) is 1.07. The van der Waals surface area contributed by atoms with Gasteiger partial charge in [-0.1, -0.05) is 0 Å². The fourth-order valence-electron chi connectivity index (χ4n) is 0.679. The molecular formula is C6H7NaO3S. The molecule has 0 aliphatic heterocycles. The third-order valence-electron chi connectivity index (χ3n) is 1.06. The van der Waals surface area contributed by atoms with E-state index in [1.165, 1.54) is 0 Å². The van der Waals surface area contributed by atoms with Crippen molar-refractivity contribution in [3.05, 3.63) is 23.7 Å². The molecule has 1 aromatic rings. The first-order valence-electron chi connectivity index (χ1n) is 2.79. The quantitative estimate of drug-likeness (QED) is 0.391. The van der Waals surface area contributed by atoms with Crippen LogP contribution in [0.2, 0.25) is 0 Å². The molecule has 1 unspecified atom stereocenters. The summed E-state index contributed by atoms with van der Waals surface area (Å²) in [6, 6.07) is 3.40. The van der Waals surface area contributed by atoms with Gasteiger partial charge in [-0.2, -0.15) is 0 Å². The van der Waals surface area contributed by atoms with Gasteiger partial charge in [0.05, 0.1) is 5.75 Å². The molecule has 0 fully saturated rings. The molecule has 0 amide bonds. The molecule has 0 bridgehead atoms. The molecule has 0 aromatic carbocycles. The maximum absolute atomic E-state index is 10.1.